The van der Waals surface area contributed by atoms with Crippen molar-refractivity contribution in [3.8, 4) is 0 Å². The Morgan fingerprint density at radius 3 is 2.75 bits per heavy atom. The molecule has 0 fully saturated rings. The largest absolute Gasteiger partial charge is 0.323 e. The lowest BCUT2D eigenvalue weighted by Gasteiger charge is -2.09. The minimum absolute atomic E-state index is 0.120. The third-order valence-corrected chi connectivity index (χ3v) is 5.30. The second kappa shape index (κ2) is 6.31. The molecular weight excluding hydrogens is 296 g/mol. The van der Waals surface area contributed by atoms with Crippen LogP contribution in [0.5, 0.6) is 0 Å². The zero-order valence-electron chi connectivity index (χ0n) is 11.0. The predicted octanol–water partition coefficient (Wildman–Crippen LogP) is 1.47. The smallest absolute Gasteiger partial charge is 0.243 e. The van der Waals surface area contributed by atoms with Gasteiger partial charge in [-0.15, -0.1) is 11.3 Å². The van der Waals surface area contributed by atoms with Gasteiger partial charge in [0.05, 0.1) is 12.2 Å². The molecule has 1 aromatic carbocycles. The predicted molar refractivity (Wildman–Crippen MR) is 79.8 cm³/mol. The van der Waals surface area contributed by atoms with Crippen LogP contribution in [0.3, 0.4) is 0 Å². The summed E-state index contributed by atoms with van der Waals surface area (Å²) in [5.41, 5.74) is 2.74. The fraction of sp³-hybridized carbons (Fsp3) is 0.250. The van der Waals surface area contributed by atoms with E-state index in [2.05, 4.69) is 15.1 Å². The SMILES string of the molecule is CCc1cnc(CNS(=O)(=O)c2ccccc2NN)s1. The number of thiazole rings is 1. The highest BCUT2D eigenvalue weighted by atomic mass is 32.2. The first-order valence-electron chi connectivity index (χ1n) is 6.05. The molecule has 1 aromatic heterocycles. The van der Waals surface area contributed by atoms with E-state index in [1.54, 1.807) is 24.4 Å². The van der Waals surface area contributed by atoms with Crippen LogP contribution in [-0.2, 0) is 23.0 Å². The quantitative estimate of drug-likeness (QED) is 0.554. The molecule has 0 radical (unpaired) electrons. The van der Waals surface area contributed by atoms with E-state index in [0.717, 1.165) is 16.3 Å². The fourth-order valence-electron chi connectivity index (χ4n) is 1.65. The molecular formula is C12H16N4O2S2. The van der Waals surface area contributed by atoms with Gasteiger partial charge in [0.15, 0.2) is 0 Å². The molecule has 0 aliphatic rings. The number of para-hydroxylation sites is 1. The van der Waals surface area contributed by atoms with E-state index in [9.17, 15) is 8.42 Å². The van der Waals surface area contributed by atoms with Crippen LogP contribution < -0.4 is 16.0 Å². The van der Waals surface area contributed by atoms with Gasteiger partial charge in [-0.2, -0.15) is 0 Å². The first kappa shape index (κ1) is 14.9. The normalized spacial score (nSPS) is 11.5. The van der Waals surface area contributed by atoms with Gasteiger partial charge in [0.2, 0.25) is 10.0 Å². The number of sulfonamides is 1. The average Bonchev–Trinajstić information content (AvgIpc) is 2.93. The van der Waals surface area contributed by atoms with E-state index in [-0.39, 0.29) is 11.4 Å². The molecule has 1 heterocycles. The van der Waals surface area contributed by atoms with Crippen molar-refractivity contribution in [3.05, 3.63) is 40.3 Å². The molecule has 2 aromatic rings. The fourth-order valence-corrected chi connectivity index (χ4v) is 3.70. The average molecular weight is 312 g/mol. The Morgan fingerprint density at radius 1 is 1.35 bits per heavy atom. The van der Waals surface area contributed by atoms with Crippen LogP contribution in [0, 0.1) is 0 Å². The van der Waals surface area contributed by atoms with E-state index in [0.29, 0.717) is 5.69 Å². The summed E-state index contributed by atoms with van der Waals surface area (Å²) in [5.74, 6) is 5.32. The van der Waals surface area contributed by atoms with Crippen molar-refractivity contribution < 1.29 is 8.42 Å². The molecule has 0 unspecified atom stereocenters. The number of rotatable bonds is 6. The number of nitrogens with one attached hydrogen (secondary N) is 2. The van der Waals surface area contributed by atoms with E-state index in [1.165, 1.54) is 17.4 Å². The van der Waals surface area contributed by atoms with Crippen molar-refractivity contribution in [2.45, 2.75) is 24.8 Å². The van der Waals surface area contributed by atoms with Crippen LogP contribution in [0.4, 0.5) is 5.69 Å². The van der Waals surface area contributed by atoms with Gasteiger partial charge in [-0.1, -0.05) is 19.1 Å². The standard InChI is InChI=1S/C12H16N4O2S2/c1-2-9-7-14-12(19-9)8-15-20(17,18)11-6-4-3-5-10(11)16-13/h3-7,15-16H,2,8,13H2,1H3. The summed E-state index contributed by atoms with van der Waals surface area (Å²) >= 11 is 1.50. The number of benzene rings is 1. The van der Waals surface area contributed by atoms with Crippen LogP contribution in [0.25, 0.3) is 0 Å². The van der Waals surface area contributed by atoms with E-state index in [1.807, 2.05) is 6.92 Å². The number of nitrogens with zero attached hydrogens (tertiary/aromatic N) is 1. The molecule has 0 atom stereocenters. The highest BCUT2D eigenvalue weighted by molar-refractivity contribution is 7.89. The van der Waals surface area contributed by atoms with E-state index >= 15 is 0 Å². The molecule has 20 heavy (non-hydrogen) atoms. The summed E-state index contributed by atoms with van der Waals surface area (Å²) < 4.78 is 27.0. The molecule has 0 spiro atoms. The lowest BCUT2D eigenvalue weighted by atomic mass is 10.3. The Kier molecular flexibility index (Phi) is 4.71. The third kappa shape index (κ3) is 3.34. The van der Waals surface area contributed by atoms with Crippen molar-refractivity contribution in [1.82, 2.24) is 9.71 Å². The van der Waals surface area contributed by atoms with Crippen molar-refractivity contribution in [1.29, 1.82) is 0 Å². The number of hydrogen-bond donors (Lipinski definition) is 3. The molecule has 108 valence electrons. The van der Waals surface area contributed by atoms with Crippen molar-refractivity contribution >= 4 is 27.0 Å². The minimum Gasteiger partial charge on any atom is -0.323 e. The molecule has 0 saturated heterocycles. The summed E-state index contributed by atoms with van der Waals surface area (Å²) in [4.78, 5) is 5.43. The van der Waals surface area contributed by atoms with Gasteiger partial charge >= 0.3 is 0 Å². The molecule has 0 aliphatic carbocycles. The van der Waals surface area contributed by atoms with Gasteiger partial charge < -0.3 is 5.43 Å². The molecule has 8 heteroatoms. The summed E-state index contributed by atoms with van der Waals surface area (Å²) in [6.45, 7) is 2.20. The van der Waals surface area contributed by atoms with E-state index in [4.69, 9.17) is 5.84 Å². The number of hydrazine groups is 1. The molecule has 2 rings (SSSR count). The molecule has 0 aliphatic heterocycles. The molecule has 0 bridgehead atoms. The van der Waals surface area contributed by atoms with Gasteiger partial charge in [0, 0.05) is 11.1 Å². The maximum Gasteiger partial charge on any atom is 0.243 e. The summed E-state index contributed by atoms with van der Waals surface area (Å²) in [7, 11) is -3.62. The lowest BCUT2D eigenvalue weighted by molar-refractivity contribution is 0.581. The summed E-state index contributed by atoms with van der Waals surface area (Å²) in [5, 5.41) is 0.739. The highest BCUT2D eigenvalue weighted by Crippen LogP contribution is 2.20. The van der Waals surface area contributed by atoms with Crippen LogP contribution >= 0.6 is 11.3 Å². The number of nitrogen functional groups attached to an aromatic ring is 1. The van der Waals surface area contributed by atoms with E-state index < -0.39 is 10.0 Å². The number of aromatic nitrogens is 1. The van der Waals surface area contributed by atoms with Gasteiger partial charge in [0.1, 0.15) is 9.90 Å². The first-order chi connectivity index (χ1) is 9.56. The Bertz CT molecular complexity index is 682. The Balaban J connectivity index is 2.15. The van der Waals surface area contributed by atoms with Crippen LogP contribution in [0.2, 0.25) is 0 Å². The second-order valence-electron chi connectivity index (χ2n) is 4.04. The first-order valence-corrected chi connectivity index (χ1v) is 8.35. The zero-order valence-corrected chi connectivity index (χ0v) is 12.6. The molecule has 6 nitrogen and oxygen atoms in total. The van der Waals surface area contributed by atoms with Crippen LogP contribution in [-0.4, -0.2) is 13.4 Å². The topological polar surface area (TPSA) is 97.1 Å². The Morgan fingerprint density at radius 2 is 2.10 bits per heavy atom. The van der Waals surface area contributed by atoms with Crippen LogP contribution in [0.15, 0.2) is 35.4 Å². The molecule has 0 saturated carbocycles. The summed E-state index contributed by atoms with van der Waals surface area (Å²) in [6.07, 6.45) is 2.66. The van der Waals surface area contributed by atoms with Gasteiger partial charge in [-0.05, 0) is 18.6 Å². The number of anilines is 1. The molecule has 0 amide bonds. The summed E-state index contributed by atoms with van der Waals surface area (Å²) in [6, 6.07) is 6.46. The van der Waals surface area contributed by atoms with Gasteiger partial charge in [-0.25, -0.2) is 18.1 Å². The van der Waals surface area contributed by atoms with Crippen molar-refractivity contribution in [2.24, 2.45) is 5.84 Å². The minimum atomic E-state index is -3.62. The monoisotopic (exact) mass is 312 g/mol. The van der Waals surface area contributed by atoms with Crippen molar-refractivity contribution in [3.63, 3.8) is 0 Å². The zero-order chi connectivity index (χ0) is 14.6. The van der Waals surface area contributed by atoms with Crippen molar-refractivity contribution in [2.75, 3.05) is 5.43 Å². The Hall–Kier alpha value is -1.48. The molecule has 4 N–H and O–H groups in total. The number of nitrogens with two attached hydrogens (primary N) is 1. The maximum atomic E-state index is 12.2. The second-order valence-corrected chi connectivity index (χ2v) is 6.97. The van der Waals surface area contributed by atoms with Gasteiger partial charge in [0.25, 0.3) is 0 Å². The lowest BCUT2D eigenvalue weighted by Crippen LogP contribution is -2.25. The highest BCUT2D eigenvalue weighted by Gasteiger charge is 2.18. The number of hydrogen-bond acceptors (Lipinski definition) is 6. The number of aryl methyl sites for hydroxylation is 1. The van der Waals surface area contributed by atoms with Gasteiger partial charge in [-0.3, -0.25) is 5.84 Å². The third-order valence-electron chi connectivity index (χ3n) is 2.70. The van der Waals surface area contributed by atoms with Crippen LogP contribution in [0.1, 0.15) is 16.8 Å². The maximum absolute atomic E-state index is 12.2. The Labute approximate surface area is 122 Å².